The van der Waals surface area contributed by atoms with E-state index in [2.05, 4.69) is 155 Å². The Hall–Kier alpha value is -4.82. The van der Waals surface area contributed by atoms with Crippen LogP contribution in [0.25, 0.3) is 32.9 Å². The average Bonchev–Trinajstić information content (AvgIpc) is 3.55. The number of hydrogen-bond acceptors (Lipinski definition) is 1. The Morgan fingerprint density at radius 2 is 1.22 bits per heavy atom. The molecule has 0 N–H and O–H groups in total. The fraction of sp³-hybridized carbons (Fsp3) is 0.128. The molecule has 5 aromatic carbocycles. The molecule has 6 aromatic rings. The Kier molecular flexibility index (Phi) is 6.53. The van der Waals surface area contributed by atoms with E-state index in [0.717, 1.165) is 6.54 Å². The van der Waals surface area contributed by atoms with Gasteiger partial charge in [0.05, 0.1) is 6.04 Å². The van der Waals surface area contributed by atoms with Gasteiger partial charge in [-0.2, -0.15) is 0 Å². The van der Waals surface area contributed by atoms with Gasteiger partial charge in [0.25, 0.3) is 0 Å². The fourth-order valence-electron chi connectivity index (χ4n) is 6.63. The molecule has 2 heterocycles. The molecule has 0 spiro atoms. The van der Waals surface area contributed by atoms with E-state index in [1.54, 1.807) is 0 Å². The third-order valence-corrected chi connectivity index (χ3v) is 8.36. The van der Waals surface area contributed by atoms with E-state index in [0.29, 0.717) is 12.0 Å². The van der Waals surface area contributed by atoms with Crippen molar-refractivity contribution in [2.45, 2.75) is 32.4 Å². The van der Waals surface area contributed by atoms with Crippen molar-refractivity contribution in [3.05, 3.63) is 157 Å². The van der Waals surface area contributed by atoms with Gasteiger partial charge in [0.1, 0.15) is 0 Å². The third-order valence-electron chi connectivity index (χ3n) is 8.36. The van der Waals surface area contributed by atoms with Gasteiger partial charge in [-0.1, -0.05) is 123 Å². The van der Waals surface area contributed by atoms with Crippen LogP contribution in [0.5, 0.6) is 0 Å². The van der Waals surface area contributed by atoms with Crippen molar-refractivity contribution in [1.82, 2.24) is 4.57 Å². The molecule has 2 atom stereocenters. The Bertz CT molecular complexity index is 1870. The molecular formula is C39H34N2. The van der Waals surface area contributed by atoms with Crippen LogP contribution in [0.4, 0.5) is 11.4 Å². The first-order chi connectivity index (χ1) is 20.3. The van der Waals surface area contributed by atoms with Gasteiger partial charge in [0.15, 0.2) is 0 Å². The van der Waals surface area contributed by atoms with Crippen LogP contribution < -0.4 is 4.90 Å². The first-order valence-corrected chi connectivity index (χ1v) is 14.7. The van der Waals surface area contributed by atoms with Gasteiger partial charge >= 0.3 is 0 Å². The Balaban J connectivity index is 0.00000135. The molecule has 2 heteroatoms. The molecule has 0 amide bonds. The Labute approximate surface area is 242 Å². The summed E-state index contributed by atoms with van der Waals surface area (Å²) < 4.78 is 2.45. The zero-order valence-corrected chi connectivity index (χ0v) is 23.6. The summed E-state index contributed by atoms with van der Waals surface area (Å²) in [6.45, 7) is 4.84. The SMILES string of the molecule is C1=CC2c3ccccc3N(c3cccc(-c4cccc(Cn5c6ccccc6c6ccccc65)c4)c3)C2C=C1.CC. The van der Waals surface area contributed by atoms with E-state index in [9.17, 15) is 0 Å². The lowest BCUT2D eigenvalue weighted by molar-refractivity contribution is 0.745. The van der Waals surface area contributed by atoms with Crippen molar-refractivity contribution in [3.63, 3.8) is 0 Å². The fourth-order valence-corrected chi connectivity index (χ4v) is 6.63. The van der Waals surface area contributed by atoms with Gasteiger partial charge in [0.2, 0.25) is 0 Å². The van der Waals surface area contributed by atoms with Gasteiger partial charge in [-0.15, -0.1) is 0 Å². The smallest absolute Gasteiger partial charge is 0.0629 e. The minimum atomic E-state index is 0.310. The number of allylic oxidation sites excluding steroid dienone is 2. The lowest BCUT2D eigenvalue weighted by Crippen LogP contribution is -2.28. The van der Waals surface area contributed by atoms with Crippen LogP contribution in [0.2, 0.25) is 0 Å². The summed E-state index contributed by atoms with van der Waals surface area (Å²) in [5.74, 6) is 0.393. The maximum Gasteiger partial charge on any atom is 0.0629 e. The molecule has 0 saturated heterocycles. The Morgan fingerprint density at radius 1 is 0.585 bits per heavy atom. The maximum absolute atomic E-state index is 2.51. The number of para-hydroxylation sites is 3. The van der Waals surface area contributed by atoms with Crippen molar-refractivity contribution in [2.24, 2.45) is 0 Å². The van der Waals surface area contributed by atoms with E-state index < -0.39 is 0 Å². The van der Waals surface area contributed by atoms with Crippen LogP contribution in [-0.2, 0) is 6.54 Å². The van der Waals surface area contributed by atoms with E-state index >= 15 is 0 Å². The van der Waals surface area contributed by atoms with Gasteiger partial charge in [-0.25, -0.2) is 0 Å². The van der Waals surface area contributed by atoms with Gasteiger partial charge < -0.3 is 9.47 Å². The number of anilines is 2. The van der Waals surface area contributed by atoms with Crippen molar-refractivity contribution in [3.8, 4) is 11.1 Å². The summed E-state index contributed by atoms with van der Waals surface area (Å²) in [6, 6.07) is 44.7. The average molecular weight is 531 g/mol. The second-order valence-electron chi connectivity index (χ2n) is 10.6. The van der Waals surface area contributed by atoms with Gasteiger partial charge in [-0.05, 0) is 58.7 Å². The largest absolute Gasteiger partial charge is 0.336 e. The highest BCUT2D eigenvalue weighted by Crippen LogP contribution is 2.47. The van der Waals surface area contributed by atoms with Crippen molar-refractivity contribution in [2.75, 3.05) is 4.90 Å². The molecule has 1 aliphatic heterocycles. The lowest BCUT2D eigenvalue weighted by atomic mass is 9.91. The standard InChI is InChI=1S/C37H28N2.C2H6/c1-5-19-34-30(15-1)31-16-2-6-20-35(31)38(34)25-26-11-9-12-27(23-26)28-13-10-14-29(24-28)39-36-21-7-3-17-32(36)33-18-4-8-22-37(33)39;1-2/h1-24,32,36H,25H2;1-2H3. The first-order valence-electron chi connectivity index (χ1n) is 14.7. The molecule has 0 saturated carbocycles. The maximum atomic E-state index is 2.51. The lowest BCUT2D eigenvalue weighted by Gasteiger charge is -2.29. The summed E-state index contributed by atoms with van der Waals surface area (Å²) in [5.41, 5.74) is 10.3. The molecular weight excluding hydrogens is 496 g/mol. The molecule has 41 heavy (non-hydrogen) atoms. The van der Waals surface area contributed by atoms with Crippen LogP contribution in [0.15, 0.2) is 146 Å². The van der Waals surface area contributed by atoms with Gasteiger partial charge in [0, 0.05) is 45.6 Å². The van der Waals surface area contributed by atoms with Crippen LogP contribution in [0.1, 0.15) is 30.9 Å². The highest BCUT2D eigenvalue weighted by atomic mass is 15.2. The topological polar surface area (TPSA) is 8.17 Å². The van der Waals surface area contributed by atoms with Crippen molar-refractivity contribution < 1.29 is 0 Å². The summed E-state index contributed by atoms with van der Waals surface area (Å²) in [7, 11) is 0. The quantitative estimate of drug-likeness (QED) is 0.220. The zero-order valence-electron chi connectivity index (χ0n) is 23.6. The van der Waals surface area contributed by atoms with E-state index in [1.807, 2.05) is 13.8 Å². The molecule has 8 rings (SSSR count). The molecule has 0 fully saturated rings. The zero-order chi connectivity index (χ0) is 27.8. The highest BCUT2D eigenvalue weighted by molar-refractivity contribution is 6.08. The monoisotopic (exact) mass is 530 g/mol. The predicted octanol–water partition coefficient (Wildman–Crippen LogP) is 10.3. The number of benzene rings is 5. The number of fused-ring (bicyclic) bond motifs is 6. The molecule has 1 aromatic heterocycles. The second kappa shape index (κ2) is 10.6. The molecule has 0 radical (unpaired) electrons. The van der Waals surface area contributed by atoms with Crippen LogP contribution in [0, 0.1) is 0 Å². The van der Waals surface area contributed by atoms with Crippen molar-refractivity contribution in [1.29, 1.82) is 0 Å². The summed E-state index contributed by atoms with van der Waals surface area (Å²) in [5, 5.41) is 2.63. The van der Waals surface area contributed by atoms with E-state index in [4.69, 9.17) is 0 Å². The molecule has 2 unspecified atom stereocenters. The number of aromatic nitrogens is 1. The molecule has 1 aliphatic carbocycles. The van der Waals surface area contributed by atoms with Crippen molar-refractivity contribution >= 4 is 33.2 Å². The van der Waals surface area contributed by atoms with Gasteiger partial charge in [-0.3, -0.25) is 0 Å². The van der Waals surface area contributed by atoms with E-state index in [1.165, 1.54) is 55.4 Å². The third kappa shape index (κ3) is 4.28. The summed E-state index contributed by atoms with van der Waals surface area (Å²) in [6.07, 6.45) is 9.04. The first kappa shape index (κ1) is 25.2. The highest BCUT2D eigenvalue weighted by Gasteiger charge is 2.36. The number of nitrogens with zero attached hydrogens (tertiary/aromatic N) is 2. The summed E-state index contributed by atoms with van der Waals surface area (Å²) in [4.78, 5) is 2.51. The normalized spacial score (nSPS) is 16.9. The van der Waals surface area contributed by atoms with Crippen LogP contribution in [-0.4, -0.2) is 10.6 Å². The number of hydrogen-bond donors (Lipinski definition) is 0. The summed E-state index contributed by atoms with van der Waals surface area (Å²) >= 11 is 0. The predicted molar refractivity (Wildman–Crippen MR) is 175 cm³/mol. The Morgan fingerprint density at radius 3 is 2.00 bits per heavy atom. The molecule has 2 aliphatic rings. The minimum absolute atomic E-state index is 0.310. The number of rotatable bonds is 4. The van der Waals surface area contributed by atoms with E-state index in [-0.39, 0.29) is 0 Å². The second-order valence-corrected chi connectivity index (χ2v) is 10.6. The molecule has 0 bridgehead atoms. The molecule has 200 valence electrons. The minimum Gasteiger partial charge on any atom is -0.336 e. The van der Waals surface area contributed by atoms with Crippen LogP contribution >= 0.6 is 0 Å². The van der Waals surface area contributed by atoms with Crippen LogP contribution in [0.3, 0.4) is 0 Å². The molecule has 2 nitrogen and oxygen atoms in total.